The Morgan fingerprint density at radius 3 is 2.62 bits per heavy atom. The van der Waals surface area contributed by atoms with Gasteiger partial charge in [-0.15, -0.1) is 0 Å². The van der Waals surface area contributed by atoms with E-state index in [1.165, 1.54) is 0 Å². The van der Waals surface area contributed by atoms with Crippen LogP contribution in [-0.4, -0.2) is 38.0 Å². The van der Waals surface area contributed by atoms with Gasteiger partial charge in [0.2, 0.25) is 0 Å². The zero-order valence-corrected chi connectivity index (χ0v) is 18.0. The second-order valence-corrected chi connectivity index (χ2v) is 8.58. The van der Waals surface area contributed by atoms with Crippen LogP contribution >= 0.6 is 15.9 Å². The van der Waals surface area contributed by atoms with Gasteiger partial charge in [-0.2, -0.15) is 0 Å². The molecule has 0 unspecified atom stereocenters. The Bertz CT molecular complexity index is 1040. The topological polar surface area (TPSA) is 91.6 Å². The third-order valence-electron chi connectivity index (χ3n) is 4.81. The van der Waals surface area contributed by atoms with E-state index in [1.807, 2.05) is 34.9 Å². The third kappa shape index (κ3) is 4.28. The van der Waals surface area contributed by atoms with E-state index in [0.29, 0.717) is 39.3 Å². The lowest BCUT2D eigenvalue weighted by molar-refractivity contribution is 0.0951. The number of nitrogens with zero attached hydrogens (tertiary/aromatic N) is 3. The number of rotatable bonds is 7. The molecule has 0 saturated heterocycles. The van der Waals surface area contributed by atoms with E-state index in [-0.39, 0.29) is 12.5 Å². The summed E-state index contributed by atoms with van der Waals surface area (Å²) in [5, 5.41) is 16.2. The van der Waals surface area contributed by atoms with Crippen LogP contribution in [0.4, 0.5) is 5.82 Å². The van der Waals surface area contributed by atoms with Crippen molar-refractivity contribution in [3.05, 3.63) is 46.3 Å². The molecule has 0 radical (unpaired) electrons. The van der Waals surface area contributed by atoms with Crippen LogP contribution in [0.15, 0.2) is 35.1 Å². The average molecular weight is 458 g/mol. The van der Waals surface area contributed by atoms with Crippen LogP contribution in [0.1, 0.15) is 42.7 Å². The van der Waals surface area contributed by atoms with Gasteiger partial charge in [0.15, 0.2) is 11.5 Å². The van der Waals surface area contributed by atoms with E-state index in [2.05, 4.69) is 50.4 Å². The van der Waals surface area contributed by atoms with Gasteiger partial charge in [0.05, 0.1) is 18.0 Å². The van der Waals surface area contributed by atoms with Gasteiger partial charge >= 0.3 is 0 Å². The van der Waals surface area contributed by atoms with Crippen molar-refractivity contribution in [2.24, 2.45) is 5.92 Å². The molecule has 1 saturated carbocycles. The van der Waals surface area contributed by atoms with Crippen LogP contribution in [0.5, 0.6) is 0 Å². The zero-order chi connectivity index (χ0) is 20.5. The van der Waals surface area contributed by atoms with E-state index in [0.717, 1.165) is 30.6 Å². The summed E-state index contributed by atoms with van der Waals surface area (Å²) in [5.74, 6) is 1.07. The van der Waals surface area contributed by atoms with Gasteiger partial charge in [-0.1, -0.05) is 26.0 Å². The molecule has 4 rings (SSSR count). The predicted molar refractivity (Wildman–Crippen MR) is 116 cm³/mol. The van der Waals surface area contributed by atoms with Crippen LogP contribution in [0.3, 0.4) is 0 Å². The minimum Gasteiger partial charge on any atom is -0.390 e. The molecule has 1 amide bonds. The summed E-state index contributed by atoms with van der Waals surface area (Å²) < 4.78 is 2.59. The molecular formula is C21H24BrN5O2. The first-order valence-corrected chi connectivity index (χ1v) is 10.6. The highest BCUT2D eigenvalue weighted by atomic mass is 79.9. The molecule has 0 spiro atoms. The maximum absolute atomic E-state index is 12.3. The van der Waals surface area contributed by atoms with Crippen LogP contribution in [0.2, 0.25) is 0 Å². The molecule has 8 heteroatoms. The molecule has 1 fully saturated rings. The Kier molecular flexibility index (Phi) is 5.56. The minimum atomic E-state index is -0.192. The fourth-order valence-electron chi connectivity index (χ4n) is 3.18. The molecular weight excluding hydrogens is 434 g/mol. The normalized spacial score (nSPS) is 13.8. The maximum Gasteiger partial charge on any atom is 0.251 e. The van der Waals surface area contributed by atoms with Crippen molar-refractivity contribution in [2.75, 3.05) is 11.9 Å². The number of imidazole rings is 1. The van der Waals surface area contributed by atoms with E-state index in [4.69, 9.17) is 0 Å². The standard InChI is InChI=1S/C21H24BrN5O2/c1-12(2)9-23-19-20-25-16(11-28)18(27(20)10-17(22)26-19)13-3-5-14(6-4-13)21(29)24-15-7-8-15/h3-6,10,12,15,28H,7-9,11H2,1-2H3,(H,23,26)(H,24,29). The highest BCUT2D eigenvalue weighted by molar-refractivity contribution is 9.10. The number of carbonyl (C=O) groups excluding carboxylic acids is 1. The van der Waals surface area contributed by atoms with Crippen molar-refractivity contribution in [2.45, 2.75) is 39.3 Å². The Labute approximate surface area is 177 Å². The number of halogens is 1. The largest absolute Gasteiger partial charge is 0.390 e. The second kappa shape index (κ2) is 8.12. The number of fused-ring (bicyclic) bond motifs is 1. The average Bonchev–Trinajstić information content (AvgIpc) is 3.43. The van der Waals surface area contributed by atoms with E-state index in [1.54, 1.807) is 0 Å². The highest BCUT2D eigenvalue weighted by Crippen LogP contribution is 2.30. The first kappa shape index (κ1) is 19.8. The fourth-order valence-corrected chi connectivity index (χ4v) is 3.56. The van der Waals surface area contributed by atoms with E-state index in [9.17, 15) is 9.90 Å². The predicted octanol–water partition coefficient (Wildman–Crippen LogP) is 3.61. The van der Waals surface area contributed by atoms with Crippen molar-refractivity contribution in [1.29, 1.82) is 0 Å². The summed E-state index contributed by atoms with van der Waals surface area (Å²) in [6, 6.07) is 7.72. The number of carbonyl (C=O) groups is 1. The molecule has 2 aromatic heterocycles. The quantitative estimate of drug-likeness (QED) is 0.503. The Morgan fingerprint density at radius 1 is 1.28 bits per heavy atom. The summed E-state index contributed by atoms with van der Waals surface area (Å²) in [5.41, 5.74) is 3.50. The van der Waals surface area contributed by atoms with E-state index >= 15 is 0 Å². The van der Waals surface area contributed by atoms with Crippen molar-refractivity contribution >= 4 is 33.3 Å². The number of anilines is 1. The van der Waals surface area contributed by atoms with Crippen molar-refractivity contribution in [1.82, 2.24) is 19.7 Å². The number of hydrogen-bond donors (Lipinski definition) is 3. The fraction of sp³-hybridized carbons (Fsp3) is 0.381. The monoisotopic (exact) mass is 457 g/mol. The summed E-state index contributed by atoms with van der Waals surface area (Å²) in [7, 11) is 0. The molecule has 3 aromatic rings. The van der Waals surface area contributed by atoms with Gasteiger partial charge in [-0.05, 0) is 46.8 Å². The lowest BCUT2D eigenvalue weighted by Gasteiger charge is -2.11. The van der Waals surface area contributed by atoms with Crippen LogP contribution in [0.25, 0.3) is 16.9 Å². The number of hydrogen-bond acceptors (Lipinski definition) is 5. The number of nitrogens with one attached hydrogen (secondary N) is 2. The van der Waals surface area contributed by atoms with E-state index < -0.39 is 0 Å². The molecule has 1 aliphatic carbocycles. The summed E-state index contributed by atoms with van der Waals surface area (Å²) >= 11 is 3.47. The highest BCUT2D eigenvalue weighted by Gasteiger charge is 2.24. The van der Waals surface area contributed by atoms with Crippen molar-refractivity contribution in [3.63, 3.8) is 0 Å². The lowest BCUT2D eigenvalue weighted by atomic mass is 10.1. The molecule has 29 heavy (non-hydrogen) atoms. The van der Waals surface area contributed by atoms with Crippen LogP contribution in [0, 0.1) is 5.92 Å². The van der Waals surface area contributed by atoms with Crippen molar-refractivity contribution in [3.8, 4) is 11.3 Å². The molecule has 2 heterocycles. The van der Waals surface area contributed by atoms with Crippen LogP contribution in [-0.2, 0) is 6.61 Å². The number of aliphatic hydroxyl groups excluding tert-OH is 1. The summed E-state index contributed by atoms with van der Waals surface area (Å²) in [6.07, 6.45) is 3.95. The van der Waals surface area contributed by atoms with Gasteiger partial charge < -0.3 is 15.7 Å². The van der Waals surface area contributed by atoms with Gasteiger partial charge in [0, 0.05) is 29.9 Å². The molecule has 0 atom stereocenters. The van der Waals surface area contributed by atoms with Gasteiger partial charge in [-0.25, -0.2) is 9.97 Å². The Hall–Kier alpha value is -2.45. The van der Waals surface area contributed by atoms with Crippen molar-refractivity contribution < 1.29 is 9.90 Å². The molecule has 152 valence electrons. The first-order valence-electron chi connectivity index (χ1n) is 9.79. The zero-order valence-electron chi connectivity index (χ0n) is 16.4. The lowest BCUT2D eigenvalue weighted by Crippen LogP contribution is -2.25. The number of amides is 1. The Balaban J connectivity index is 1.73. The smallest absolute Gasteiger partial charge is 0.251 e. The summed E-state index contributed by atoms with van der Waals surface area (Å²) in [6.45, 7) is 4.82. The maximum atomic E-state index is 12.3. The van der Waals surface area contributed by atoms with Gasteiger partial charge in [0.25, 0.3) is 5.91 Å². The first-order chi connectivity index (χ1) is 14.0. The molecule has 0 bridgehead atoms. The molecule has 1 aliphatic rings. The van der Waals surface area contributed by atoms with Crippen LogP contribution < -0.4 is 10.6 Å². The molecule has 1 aromatic carbocycles. The summed E-state index contributed by atoms with van der Waals surface area (Å²) in [4.78, 5) is 21.4. The molecule has 3 N–H and O–H groups in total. The number of aliphatic hydroxyl groups is 1. The minimum absolute atomic E-state index is 0.0494. The molecule has 7 nitrogen and oxygen atoms in total. The second-order valence-electron chi connectivity index (χ2n) is 7.77. The van der Waals surface area contributed by atoms with Gasteiger partial charge in [0.1, 0.15) is 4.60 Å². The number of benzene rings is 1. The van der Waals surface area contributed by atoms with Gasteiger partial charge in [-0.3, -0.25) is 9.20 Å². The number of aromatic nitrogens is 3. The molecule has 0 aliphatic heterocycles. The Morgan fingerprint density at radius 2 is 2.00 bits per heavy atom. The SMILES string of the molecule is CC(C)CNc1nc(Br)cn2c(-c3ccc(C(=O)NC4CC4)cc3)c(CO)nc12. The third-order valence-corrected chi connectivity index (χ3v) is 5.19.